The first-order valence-corrected chi connectivity index (χ1v) is 7.25. The molecule has 0 spiro atoms. The largest absolute Gasteiger partial charge is 0.376 e. The van der Waals surface area contributed by atoms with Crippen LogP contribution in [-0.4, -0.2) is 17.7 Å². The van der Waals surface area contributed by atoms with E-state index in [4.69, 9.17) is 10.6 Å². The van der Waals surface area contributed by atoms with Crippen molar-refractivity contribution in [3.63, 3.8) is 0 Å². The van der Waals surface area contributed by atoms with Gasteiger partial charge in [-0.05, 0) is 36.6 Å². The van der Waals surface area contributed by atoms with Gasteiger partial charge in [0.1, 0.15) is 0 Å². The molecule has 0 aliphatic heterocycles. The van der Waals surface area contributed by atoms with Crippen LogP contribution in [0.2, 0.25) is 0 Å². The van der Waals surface area contributed by atoms with Crippen molar-refractivity contribution in [3.8, 4) is 0 Å². The molecule has 1 aliphatic rings. The molecule has 20 heavy (non-hydrogen) atoms. The Hall–Kier alpha value is -1.49. The number of benzene rings is 1. The van der Waals surface area contributed by atoms with Crippen LogP contribution in [-0.2, 0) is 4.74 Å². The number of hydrazine groups is 1. The van der Waals surface area contributed by atoms with E-state index in [9.17, 15) is 0 Å². The molecule has 1 heterocycles. The summed E-state index contributed by atoms with van der Waals surface area (Å²) in [7, 11) is 0. The summed E-state index contributed by atoms with van der Waals surface area (Å²) < 4.78 is 5.95. The highest BCUT2D eigenvalue weighted by Gasteiger charge is 2.38. The van der Waals surface area contributed by atoms with E-state index >= 15 is 0 Å². The lowest BCUT2D eigenvalue weighted by Gasteiger charge is -2.27. The Morgan fingerprint density at radius 2 is 2.15 bits per heavy atom. The number of nitrogens with one attached hydrogen (secondary N) is 1. The Bertz CT molecular complexity index is 577. The van der Waals surface area contributed by atoms with E-state index in [-0.39, 0.29) is 12.1 Å². The topological polar surface area (TPSA) is 60.2 Å². The molecule has 4 heteroatoms. The van der Waals surface area contributed by atoms with E-state index in [1.54, 1.807) is 0 Å². The molecular formula is C16H21N3O. The van der Waals surface area contributed by atoms with Crippen LogP contribution in [0.1, 0.15) is 31.4 Å². The Labute approximate surface area is 119 Å². The minimum absolute atomic E-state index is 0.0129. The lowest BCUT2D eigenvalue weighted by atomic mass is 9.95. The van der Waals surface area contributed by atoms with Crippen LogP contribution in [0.25, 0.3) is 10.8 Å². The normalized spacial score (nSPS) is 18.1. The van der Waals surface area contributed by atoms with Gasteiger partial charge in [-0.2, -0.15) is 0 Å². The van der Waals surface area contributed by atoms with Crippen molar-refractivity contribution in [2.45, 2.75) is 31.9 Å². The summed E-state index contributed by atoms with van der Waals surface area (Å²) in [5.74, 6) is 6.44. The lowest BCUT2D eigenvalue weighted by Crippen LogP contribution is -2.39. The molecule has 1 aliphatic carbocycles. The molecular weight excluding hydrogens is 250 g/mol. The first-order valence-electron chi connectivity index (χ1n) is 7.25. The van der Waals surface area contributed by atoms with Gasteiger partial charge < -0.3 is 4.74 Å². The highest BCUT2D eigenvalue weighted by Crippen LogP contribution is 2.40. The summed E-state index contributed by atoms with van der Waals surface area (Å²) >= 11 is 0. The fourth-order valence-corrected chi connectivity index (χ4v) is 2.87. The van der Waals surface area contributed by atoms with Gasteiger partial charge in [0.15, 0.2) is 0 Å². The molecule has 0 amide bonds. The number of ether oxygens (including phenoxy) is 1. The molecule has 0 bridgehead atoms. The fraction of sp³-hybridized carbons (Fsp3) is 0.438. The zero-order chi connectivity index (χ0) is 13.9. The van der Waals surface area contributed by atoms with Crippen LogP contribution < -0.4 is 11.3 Å². The number of nitrogens with two attached hydrogens (primary N) is 1. The van der Waals surface area contributed by atoms with E-state index in [2.05, 4.69) is 22.5 Å². The van der Waals surface area contributed by atoms with Crippen LogP contribution in [0.4, 0.5) is 0 Å². The standard InChI is InChI=1S/C16H21N3O/c1-2-20-16(11-7-8-11)15(19-17)14-10-18-9-12-5-3-4-6-13(12)14/h3-6,9-11,15-16,19H,2,7-8,17H2,1H3. The zero-order valence-electron chi connectivity index (χ0n) is 11.8. The lowest BCUT2D eigenvalue weighted by molar-refractivity contribution is 0.0188. The van der Waals surface area contributed by atoms with Crippen LogP contribution >= 0.6 is 0 Å². The van der Waals surface area contributed by atoms with Gasteiger partial charge in [-0.25, -0.2) is 0 Å². The molecule has 3 N–H and O–H groups in total. The summed E-state index contributed by atoms with van der Waals surface area (Å²) in [6.07, 6.45) is 6.36. The zero-order valence-corrected chi connectivity index (χ0v) is 11.8. The molecule has 0 saturated heterocycles. The molecule has 2 atom stereocenters. The average Bonchev–Trinajstić information content (AvgIpc) is 3.32. The summed E-state index contributed by atoms with van der Waals surface area (Å²) in [6, 6.07) is 8.26. The predicted octanol–water partition coefficient (Wildman–Crippen LogP) is 2.55. The number of rotatable bonds is 6. The molecule has 106 valence electrons. The Balaban J connectivity index is 2.01. The number of hydrogen-bond donors (Lipinski definition) is 2. The maximum atomic E-state index is 5.95. The van der Waals surface area contributed by atoms with Crippen molar-refractivity contribution in [2.24, 2.45) is 11.8 Å². The Kier molecular flexibility index (Phi) is 3.96. The van der Waals surface area contributed by atoms with Crippen LogP contribution in [0.3, 0.4) is 0 Å². The number of aromatic nitrogens is 1. The molecule has 2 unspecified atom stereocenters. The number of hydrogen-bond acceptors (Lipinski definition) is 4. The van der Waals surface area contributed by atoms with Crippen molar-refractivity contribution in [1.82, 2.24) is 10.4 Å². The first-order chi connectivity index (χ1) is 9.85. The molecule has 1 aromatic heterocycles. The first kappa shape index (κ1) is 13.5. The SMILES string of the molecule is CCOC(C1CC1)C(NN)c1cncc2ccccc12. The summed E-state index contributed by atoms with van der Waals surface area (Å²) in [5, 5.41) is 2.33. The van der Waals surface area contributed by atoms with Gasteiger partial charge in [-0.1, -0.05) is 24.3 Å². The maximum absolute atomic E-state index is 5.95. The summed E-state index contributed by atoms with van der Waals surface area (Å²) in [4.78, 5) is 4.35. The van der Waals surface area contributed by atoms with Crippen molar-refractivity contribution in [2.75, 3.05) is 6.61 Å². The Morgan fingerprint density at radius 1 is 1.35 bits per heavy atom. The average molecular weight is 271 g/mol. The number of nitrogens with zero attached hydrogens (tertiary/aromatic N) is 1. The number of pyridine rings is 1. The minimum Gasteiger partial charge on any atom is -0.376 e. The van der Waals surface area contributed by atoms with E-state index in [1.165, 1.54) is 18.2 Å². The van der Waals surface area contributed by atoms with Crippen LogP contribution in [0.5, 0.6) is 0 Å². The molecule has 1 fully saturated rings. The third-order valence-electron chi connectivity index (χ3n) is 3.99. The van der Waals surface area contributed by atoms with Gasteiger partial charge in [-0.15, -0.1) is 0 Å². The van der Waals surface area contributed by atoms with Crippen molar-refractivity contribution in [3.05, 3.63) is 42.2 Å². The monoisotopic (exact) mass is 271 g/mol. The third-order valence-corrected chi connectivity index (χ3v) is 3.99. The summed E-state index contributed by atoms with van der Waals surface area (Å²) in [5.41, 5.74) is 4.07. The van der Waals surface area contributed by atoms with Gasteiger partial charge in [0.25, 0.3) is 0 Å². The van der Waals surface area contributed by atoms with Gasteiger partial charge in [0.05, 0.1) is 12.1 Å². The van der Waals surface area contributed by atoms with E-state index in [0.29, 0.717) is 12.5 Å². The van der Waals surface area contributed by atoms with Crippen molar-refractivity contribution in [1.29, 1.82) is 0 Å². The predicted molar refractivity (Wildman–Crippen MR) is 79.9 cm³/mol. The molecule has 4 nitrogen and oxygen atoms in total. The highest BCUT2D eigenvalue weighted by molar-refractivity contribution is 5.85. The maximum Gasteiger partial charge on any atom is 0.0811 e. The second-order valence-electron chi connectivity index (χ2n) is 5.35. The second kappa shape index (κ2) is 5.87. The van der Waals surface area contributed by atoms with Crippen LogP contribution in [0.15, 0.2) is 36.7 Å². The van der Waals surface area contributed by atoms with Gasteiger partial charge in [-0.3, -0.25) is 16.3 Å². The van der Waals surface area contributed by atoms with Gasteiger partial charge >= 0.3 is 0 Å². The fourth-order valence-electron chi connectivity index (χ4n) is 2.87. The van der Waals surface area contributed by atoms with E-state index in [1.807, 2.05) is 31.5 Å². The van der Waals surface area contributed by atoms with Crippen molar-refractivity contribution < 1.29 is 4.74 Å². The summed E-state index contributed by atoms with van der Waals surface area (Å²) in [6.45, 7) is 2.74. The molecule has 1 saturated carbocycles. The van der Waals surface area contributed by atoms with Crippen LogP contribution in [0, 0.1) is 5.92 Å². The van der Waals surface area contributed by atoms with E-state index in [0.717, 1.165) is 10.9 Å². The molecule has 3 rings (SSSR count). The smallest absolute Gasteiger partial charge is 0.0811 e. The van der Waals surface area contributed by atoms with E-state index < -0.39 is 0 Å². The second-order valence-corrected chi connectivity index (χ2v) is 5.35. The third kappa shape index (κ3) is 2.54. The Morgan fingerprint density at radius 3 is 2.85 bits per heavy atom. The minimum atomic E-state index is -0.0129. The van der Waals surface area contributed by atoms with Gasteiger partial charge in [0, 0.05) is 24.4 Å². The number of fused-ring (bicyclic) bond motifs is 1. The van der Waals surface area contributed by atoms with Gasteiger partial charge in [0.2, 0.25) is 0 Å². The van der Waals surface area contributed by atoms with Crippen molar-refractivity contribution >= 4 is 10.8 Å². The molecule has 1 aromatic carbocycles. The quantitative estimate of drug-likeness (QED) is 0.626. The molecule has 2 aromatic rings. The molecule has 0 radical (unpaired) electrons. The highest BCUT2D eigenvalue weighted by atomic mass is 16.5.